The number of hydrogen-bond donors (Lipinski definition) is 1. The lowest BCUT2D eigenvalue weighted by Crippen LogP contribution is -1.95. The van der Waals surface area contributed by atoms with E-state index in [2.05, 4.69) is 0 Å². The van der Waals surface area contributed by atoms with Crippen molar-refractivity contribution in [3.8, 4) is 0 Å². The molecule has 0 heterocycles. The van der Waals surface area contributed by atoms with Gasteiger partial charge in [-0.3, -0.25) is 4.79 Å². The van der Waals surface area contributed by atoms with Crippen LogP contribution in [0.4, 0.5) is 0 Å². The first-order valence-corrected chi connectivity index (χ1v) is 2.69. The quantitative estimate of drug-likeness (QED) is 0.347. The predicted molar refractivity (Wildman–Crippen MR) is 33.4 cm³/mol. The molecule has 2 N–H and O–H groups in total. The maximum atomic E-state index is 9.96. The van der Waals surface area contributed by atoms with Crippen molar-refractivity contribution < 1.29 is 4.79 Å². The molecule has 0 aliphatic rings. The summed E-state index contributed by atoms with van der Waals surface area (Å²) in [6, 6.07) is 0. The molecule has 0 rings (SSSR count). The Morgan fingerprint density at radius 3 is 2.38 bits per heavy atom. The van der Waals surface area contributed by atoms with Gasteiger partial charge in [0.1, 0.15) is 11.4 Å². The van der Waals surface area contributed by atoms with Crippen LogP contribution in [0, 0.1) is 0 Å². The van der Waals surface area contributed by atoms with Crippen molar-refractivity contribution in [2.45, 2.75) is 13.3 Å². The summed E-state index contributed by atoms with van der Waals surface area (Å²) < 4.78 is 0. The average molecular weight is 134 g/mol. The number of nitrogens with two attached hydrogens (primary N) is 1. The van der Waals surface area contributed by atoms with Gasteiger partial charge in [-0.1, -0.05) is 18.5 Å². The molecule has 46 valence electrons. The molecule has 0 amide bonds. The highest BCUT2D eigenvalue weighted by Gasteiger charge is 1.93. The molecular formula is C5H8ClNO. The van der Waals surface area contributed by atoms with E-state index < -0.39 is 0 Å². The van der Waals surface area contributed by atoms with Gasteiger partial charge < -0.3 is 5.73 Å². The van der Waals surface area contributed by atoms with Gasteiger partial charge >= 0.3 is 0 Å². The minimum atomic E-state index is 0.0995. The van der Waals surface area contributed by atoms with Crippen LogP contribution in [0.5, 0.6) is 0 Å². The molecule has 3 heteroatoms. The third-order valence-electron chi connectivity index (χ3n) is 0.830. The van der Waals surface area contributed by atoms with E-state index >= 15 is 0 Å². The van der Waals surface area contributed by atoms with Crippen LogP contribution in [0.3, 0.4) is 0 Å². The molecule has 0 aliphatic carbocycles. The predicted octanol–water partition coefficient (Wildman–Crippen LogP) is 1.00. The first kappa shape index (κ1) is 7.50. The molecule has 8 heavy (non-hydrogen) atoms. The lowest BCUT2D eigenvalue weighted by Gasteiger charge is -1.91. The molecule has 0 radical (unpaired) electrons. The lowest BCUT2D eigenvalue weighted by molar-refractivity contribution is -0.105. The zero-order valence-corrected chi connectivity index (χ0v) is 5.40. The van der Waals surface area contributed by atoms with Crippen molar-refractivity contribution in [3.05, 3.63) is 10.7 Å². The molecule has 0 saturated heterocycles. The Balaban J connectivity index is 4.07. The highest BCUT2D eigenvalue weighted by Crippen LogP contribution is 2.02. The Hall–Kier alpha value is -0.500. The Bertz CT molecular complexity index is 116. The largest absolute Gasteiger partial charge is 0.389 e. The third kappa shape index (κ3) is 1.98. The number of carbonyl (C=O) groups is 1. The summed E-state index contributed by atoms with van der Waals surface area (Å²) in [5.74, 6) is 0. The normalized spacial score (nSPS) is 12.8. The Morgan fingerprint density at radius 2 is 2.38 bits per heavy atom. The molecule has 0 atom stereocenters. The zero-order chi connectivity index (χ0) is 6.57. The molecule has 0 fully saturated rings. The molecular weight excluding hydrogens is 126 g/mol. The van der Waals surface area contributed by atoms with E-state index in [9.17, 15) is 4.79 Å². The first-order valence-electron chi connectivity index (χ1n) is 2.31. The standard InChI is InChI=1S/C5H8ClNO/c1-2-4(3-8)5(6)7/h3H,2,7H2,1H3/b5-4+. The smallest absolute Gasteiger partial charge is 0.148 e. The van der Waals surface area contributed by atoms with E-state index in [0.29, 0.717) is 18.3 Å². The molecule has 0 saturated carbocycles. The molecule has 0 unspecified atom stereocenters. The van der Waals surface area contributed by atoms with Crippen molar-refractivity contribution in [1.29, 1.82) is 0 Å². The highest BCUT2D eigenvalue weighted by atomic mass is 35.5. The van der Waals surface area contributed by atoms with E-state index in [0.717, 1.165) is 0 Å². The number of aldehydes is 1. The van der Waals surface area contributed by atoms with Gasteiger partial charge in [0.2, 0.25) is 0 Å². The summed E-state index contributed by atoms with van der Waals surface area (Å²) in [4.78, 5) is 9.96. The van der Waals surface area contributed by atoms with E-state index in [4.69, 9.17) is 17.3 Å². The fraction of sp³-hybridized carbons (Fsp3) is 0.400. The fourth-order valence-corrected chi connectivity index (χ4v) is 0.487. The Morgan fingerprint density at radius 1 is 1.88 bits per heavy atom. The first-order chi connectivity index (χ1) is 3.72. The zero-order valence-electron chi connectivity index (χ0n) is 4.65. The Kier molecular flexibility index (Phi) is 3.28. The van der Waals surface area contributed by atoms with Crippen molar-refractivity contribution >= 4 is 17.9 Å². The minimum absolute atomic E-state index is 0.0995. The number of allylic oxidation sites excluding steroid dienone is 1. The summed E-state index contributed by atoms with van der Waals surface area (Å²) in [5, 5.41) is 0.0995. The third-order valence-corrected chi connectivity index (χ3v) is 1.07. The molecule has 0 spiro atoms. The van der Waals surface area contributed by atoms with Crippen molar-refractivity contribution in [1.82, 2.24) is 0 Å². The summed E-state index contributed by atoms with van der Waals surface area (Å²) in [6.07, 6.45) is 1.27. The molecule has 0 aliphatic heterocycles. The van der Waals surface area contributed by atoms with Gasteiger partial charge in [-0.15, -0.1) is 0 Å². The van der Waals surface area contributed by atoms with Crippen LogP contribution >= 0.6 is 11.6 Å². The van der Waals surface area contributed by atoms with Gasteiger partial charge in [-0.2, -0.15) is 0 Å². The lowest BCUT2D eigenvalue weighted by atomic mass is 10.2. The monoisotopic (exact) mass is 133 g/mol. The Labute approximate surface area is 53.3 Å². The summed E-state index contributed by atoms with van der Waals surface area (Å²) in [6.45, 7) is 1.82. The molecule has 0 aromatic heterocycles. The van der Waals surface area contributed by atoms with Crippen LogP contribution in [-0.4, -0.2) is 6.29 Å². The second-order valence-corrected chi connectivity index (χ2v) is 1.75. The number of carbonyl (C=O) groups excluding carboxylic acids is 1. The van der Waals surface area contributed by atoms with Crippen molar-refractivity contribution in [2.75, 3.05) is 0 Å². The van der Waals surface area contributed by atoms with Gasteiger partial charge in [0.05, 0.1) is 0 Å². The summed E-state index contributed by atoms with van der Waals surface area (Å²) >= 11 is 5.27. The van der Waals surface area contributed by atoms with Gasteiger partial charge in [0.25, 0.3) is 0 Å². The molecule has 0 bridgehead atoms. The fourth-order valence-electron chi connectivity index (χ4n) is 0.309. The van der Waals surface area contributed by atoms with Gasteiger partial charge in [0, 0.05) is 5.57 Å². The number of rotatable bonds is 2. The molecule has 0 aromatic carbocycles. The van der Waals surface area contributed by atoms with Crippen molar-refractivity contribution in [3.63, 3.8) is 0 Å². The number of hydrogen-bond acceptors (Lipinski definition) is 2. The second kappa shape index (κ2) is 3.50. The van der Waals surface area contributed by atoms with Gasteiger partial charge in [-0.05, 0) is 6.42 Å². The van der Waals surface area contributed by atoms with Gasteiger partial charge in [0.15, 0.2) is 0 Å². The van der Waals surface area contributed by atoms with E-state index in [-0.39, 0.29) is 5.16 Å². The maximum Gasteiger partial charge on any atom is 0.148 e. The highest BCUT2D eigenvalue weighted by molar-refractivity contribution is 6.30. The summed E-state index contributed by atoms with van der Waals surface area (Å²) in [7, 11) is 0. The van der Waals surface area contributed by atoms with E-state index in [1.165, 1.54) is 0 Å². The van der Waals surface area contributed by atoms with E-state index in [1.807, 2.05) is 6.92 Å². The second-order valence-electron chi connectivity index (χ2n) is 1.34. The maximum absolute atomic E-state index is 9.96. The van der Waals surface area contributed by atoms with E-state index in [1.54, 1.807) is 0 Å². The van der Waals surface area contributed by atoms with Crippen LogP contribution in [0.2, 0.25) is 0 Å². The van der Waals surface area contributed by atoms with Crippen LogP contribution in [0.15, 0.2) is 10.7 Å². The summed E-state index contributed by atoms with van der Waals surface area (Å²) in [5.41, 5.74) is 5.54. The van der Waals surface area contributed by atoms with Crippen molar-refractivity contribution in [2.24, 2.45) is 5.73 Å². The van der Waals surface area contributed by atoms with Crippen LogP contribution in [-0.2, 0) is 4.79 Å². The van der Waals surface area contributed by atoms with Gasteiger partial charge in [-0.25, -0.2) is 0 Å². The molecule has 0 aromatic rings. The SMILES string of the molecule is CC/C(C=O)=C(\N)Cl. The van der Waals surface area contributed by atoms with Crippen LogP contribution in [0.25, 0.3) is 0 Å². The van der Waals surface area contributed by atoms with Crippen LogP contribution in [0.1, 0.15) is 13.3 Å². The minimum Gasteiger partial charge on any atom is -0.389 e. The topological polar surface area (TPSA) is 43.1 Å². The molecule has 2 nitrogen and oxygen atoms in total. The average Bonchev–Trinajstić information content (AvgIpc) is 1.69. The van der Waals surface area contributed by atoms with Crippen LogP contribution < -0.4 is 5.73 Å². The number of halogens is 1.